The van der Waals surface area contributed by atoms with Gasteiger partial charge in [-0.05, 0) is 43.7 Å². The number of hydrogen-bond acceptors (Lipinski definition) is 6. The van der Waals surface area contributed by atoms with Crippen LogP contribution in [-0.4, -0.2) is 49.9 Å². The van der Waals surface area contributed by atoms with Gasteiger partial charge in [-0.2, -0.15) is 27.9 Å². The third kappa shape index (κ3) is 4.39. The van der Waals surface area contributed by atoms with Crippen molar-refractivity contribution in [2.24, 2.45) is 17.6 Å². The second-order valence-corrected chi connectivity index (χ2v) is 8.66. The molecule has 2 N–H and O–H groups in total. The van der Waals surface area contributed by atoms with Crippen LogP contribution in [0.1, 0.15) is 18.5 Å². The molecule has 1 saturated heterocycles. The van der Waals surface area contributed by atoms with E-state index in [9.17, 15) is 17.6 Å². The predicted molar refractivity (Wildman–Crippen MR) is 111 cm³/mol. The molecule has 176 valence electrons. The molecule has 33 heavy (non-hydrogen) atoms. The first-order chi connectivity index (χ1) is 15.7. The number of nitrogens with zero attached hydrogens (tertiary/aromatic N) is 6. The Bertz CT molecular complexity index is 1140. The molecule has 2 unspecified atom stereocenters. The quantitative estimate of drug-likeness (QED) is 0.581. The van der Waals surface area contributed by atoms with Crippen molar-refractivity contribution in [1.82, 2.24) is 24.5 Å². The summed E-state index contributed by atoms with van der Waals surface area (Å²) < 4.78 is 60.6. The molecule has 2 bridgehead atoms. The van der Waals surface area contributed by atoms with Gasteiger partial charge in [-0.25, -0.2) is 9.07 Å². The van der Waals surface area contributed by atoms with Gasteiger partial charge in [-0.1, -0.05) is 6.07 Å². The van der Waals surface area contributed by atoms with Gasteiger partial charge in [-0.3, -0.25) is 0 Å². The zero-order valence-corrected chi connectivity index (χ0v) is 17.8. The highest BCUT2D eigenvalue weighted by Gasteiger charge is 2.41. The van der Waals surface area contributed by atoms with Crippen molar-refractivity contribution < 1.29 is 22.3 Å². The Morgan fingerprint density at radius 2 is 1.85 bits per heavy atom. The summed E-state index contributed by atoms with van der Waals surface area (Å²) in [4.78, 5) is 6.33. The molecule has 1 saturated carbocycles. The first kappa shape index (κ1) is 21.7. The molecule has 0 radical (unpaired) electrons. The van der Waals surface area contributed by atoms with Crippen LogP contribution in [0.25, 0.3) is 5.95 Å². The number of nitrogens with two attached hydrogens (primary N) is 1. The lowest BCUT2D eigenvalue weighted by atomic mass is 9.93. The molecule has 0 spiro atoms. The van der Waals surface area contributed by atoms with Crippen LogP contribution in [0.5, 0.6) is 11.8 Å². The number of hydrogen-bond donors (Lipinski definition) is 1. The highest BCUT2D eigenvalue weighted by Crippen LogP contribution is 2.38. The number of fused-ring (bicyclic) bond motifs is 2. The lowest BCUT2D eigenvalue weighted by Crippen LogP contribution is -2.49. The Labute approximate surface area is 186 Å². The lowest BCUT2D eigenvalue weighted by Gasteiger charge is -2.37. The molecule has 2 aliphatic rings. The van der Waals surface area contributed by atoms with E-state index in [0.29, 0.717) is 28.0 Å². The maximum atomic E-state index is 13.5. The number of halogens is 4. The van der Waals surface area contributed by atoms with Crippen molar-refractivity contribution in [3.8, 4) is 17.7 Å². The second kappa shape index (κ2) is 8.01. The van der Waals surface area contributed by atoms with E-state index < -0.39 is 24.5 Å². The highest BCUT2D eigenvalue weighted by molar-refractivity contribution is 5.46. The summed E-state index contributed by atoms with van der Waals surface area (Å²) in [6, 6.07) is 6.68. The van der Waals surface area contributed by atoms with Gasteiger partial charge in [0.15, 0.2) is 0 Å². The van der Waals surface area contributed by atoms with Gasteiger partial charge in [0.1, 0.15) is 23.9 Å². The summed E-state index contributed by atoms with van der Waals surface area (Å²) in [5.74, 6) is 0.771. The van der Waals surface area contributed by atoms with Gasteiger partial charge in [0, 0.05) is 31.3 Å². The van der Waals surface area contributed by atoms with Gasteiger partial charge in [0.2, 0.25) is 0 Å². The molecule has 5 rings (SSSR count). The van der Waals surface area contributed by atoms with Gasteiger partial charge in [0.05, 0.1) is 5.69 Å². The molecule has 2 aromatic heterocycles. The molecule has 12 heteroatoms. The van der Waals surface area contributed by atoms with E-state index in [0.717, 1.165) is 32.0 Å². The fourth-order valence-electron chi connectivity index (χ4n) is 4.70. The average Bonchev–Trinajstić information content (AvgIpc) is 3.34. The van der Waals surface area contributed by atoms with Crippen LogP contribution >= 0.6 is 0 Å². The smallest absolute Gasteiger partial charge is 0.408 e. The zero-order chi connectivity index (χ0) is 23.3. The second-order valence-electron chi connectivity index (χ2n) is 8.66. The maximum absolute atomic E-state index is 13.5. The molecule has 8 nitrogen and oxygen atoms in total. The summed E-state index contributed by atoms with van der Waals surface area (Å²) in [6.07, 6.45) is -2.45. The van der Waals surface area contributed by atoms with E-state index in [2.05, 4.69) is 20.1 Å². The number of rotatable bonds is 5. The van der Waals surface area contributed by atoms with Gasteiger partial charge < -0.3 is 15.4 Å². The normalized spacial score (nSPS) is 22.7. The number of alkyl halides is 3. The highest BCUT2D eigenvalue weighted by atomic mass is 19.4. The van der Waals surface area contributed by atoms with Crippen LogP contribution in [0.15, 0.2) is 30.3 Å². The standard InChI is InChI=1S/C21H23F4N7O/c1-12-7-17(30-9-13-5-6-14(10-30)18(13)26)32(28-12)19-27-20(31(29-19)11-21(23,24)25)33-16-4-2-3-15(22)8-16/h2-4,7-8,13-14,18H,5-6,9-11,26H2,1H3. The number of piperidine rings is 1. The Morgan fingerprint density at radius 1 is 1.12 bits per heavy atom. The van der Waals surface area contributed by atoms with Gasteiger partial charge in [0.25, 0.3) is 5.95 Å². The number of aromatic nitrogens is 5. The van der Waals surface area contributed by atoms with Crippen LogP contribution in [-0.2, 0) is 6.54 Å². The fraction of sp³-hybridized carbons (Fsp3) is 0.476. The van der Waals surface area contributed by atoms with Crippen LogP contribution in [0.2, 0.25) is 0 Å². The Balaban J connectivity index is 1.51. The number of benzene rings is 1. The maximum Gasteiger partial charge on any atom is 0.408 e. The van der Waals surface area contributed by atoms with Crippen LogP contribution in [0.4, 0.5) is 23.4 Å². The molecule has 1 aliphatic carbocycles. The van der Waals surface area contributed by atoms with Crippen molar-refractivity contribution >= 4 is 5.82 Å². The third-order valence-corrected chi connectivity index (χ3v) is 6.19. The molecule has 3 heterocycles. The minimum absolute atomic E-state index is 0.0100. The van der Waals surface area contributed by atoms with E-state index >= 15 is 0 Å². The summed E-state index contributed by atoms with van der Waals surface area (Å²) in [7, 11) is 0. The van der Waals surface area contributed by atoms with Gasteiger partial charge >= 0.3 is 12.2 Å². The van der Waals surface area contributed by atoms with Crippen molar-refractivity contribution in [3.63, 3.8) is 0 Å². The molecule has 2 atom stereocenters. The monoisotopic (exact) mass is 465 g/mol. The Hall–Kier alpha value is -3.15. The number of anilines is 1. The Morgan fingerprint density at radius 3 is 2.52 bits per heavy atom. The zero-order valence-electron chi connectivity index (χ0n) is 17.8. The SMILES string of the molecule is Cc1cc(N2CC3CCC(C2)C3N)n(-c2nc(Oc3cccc(F)c3)n(CC(F)(F)F)n2)n1. The molecular formula is C21H23F4N7O. The molecular weight excluding hydrogens is 442 g/mol. The van der Waals surface area contributed by atoms with Crippen molar-refractivity contribution in [3.05, 3.63) is 41.8 Å². The third-order valence-electron chi connectivity index (χ3n) is 6.19. The van der Waals surface area contributed by atoms with E-state index in [-0.39, 0.29) is 17.7 Å². The van der Waals surface area contributed by atoms with E-state index in [1.54, 1.807) is 6.92 Å². The number of ether oxygens (including phenoxy) is 1. The molecule has 0 amide bonds. The molecule has 2 fully saturated rings. The minimum atomic E-state index is -4.56. The molecule has 1 aliphatic heterocycles. The summed E-state index contributed by atoms with van der Waals surface area (Å²) >= 11 is 0. The van der Waals surface area contributed by atoms with E-state index in [1.807, 2.05) is 6.07 Å². The van der Waals surface area contributed by atoms with E-state index in [4.69, 9.17) is 10.5 Å². The molecule has 1 aromatic carbocycles. The minimum Gasteiger partial charge on any atom is -0.424 e. The number of aryl methyl sites for hydroxylation is 1. The molecule has 3 aromatic rings. The van der Waals surface area contributed by atoms with Gasteiger partial charge in [-0.15, -0.1) is 5.10 Å². The van der Waals surface area contributed by atoms with Crippen molar-refractivity contribution in [2.45, 2.75) is 38.5 Å². The Kier molecular flexibility index (Phi) is 5.26. The summed E-state index contributed by atoms with van der Waals surface area (Å²) in [5, 5.41) is 8.46. The van der Waals surface area contributed by atoms with Crippen molar-refractivity contribution in [2.75, 3.05) is 18.0 Å². The topological polar surface area (TPSA) is 87.0 Å². The lowest BCUT2D eigenvalue weighted by molar-refractivity contribution is -0.143. The summed E-state index contributed by atoms with van der Waals surface area (Å²) in [5.41, 5.74) is 6.99. The first-order valence-electron chi connectivity index (χ1n) is 10.7. The van der Waals surface area contributed by atoms with Crippen LogP contribution in [0, 0.1) is 24.6 Å². The summed E-state index contributed by atoms with van der Waals surface area (Å²) in [6.45, 7) is 1.85. The van der Waals surface area contributed by atoms with E-state index in [1.165, 1.54) is 22.9 Å². The van der Waals surface area contributed by atoms with Crippen molar-refractivity contribution in [1.29, 1.82) is 0 Å². The largest absolute Gasteiger partial charge is 0.424 e. The average molecular weight is 465 g/mol. The van der Waals surface area contributed by atoms with Crippen LogP contribution < -0.4 is 15.4 Å². The van der Waals surface area contributed by atoms with Crippen LogP contribution in [0.3, 0.4) is 0 Å². The first-order valence-corrected chi connectivity index (χ1v) is 10.7. The fourth-order valence-corrected chi connectivity index (χ4v) is 4.70. The predicted octanol–water partition coefficient (Wildman–Crippen LogP) is 3.44.